The van der Waals surface area contributed by atoms with Crippen molar-refractivity contribution in [3.05, 3.63) is 0 Å². The summed E-state index contributed by atoms with van der Waals surface area (Å²) in [6.07, 6.45) is 4.26. The second kappa shape index (κ2) is 9.36. The molecule has 0 aromatic rings. The van der Waals surface area contributed by atoms with Gasteiger partial charge in [0.15, 0.2) is 0 Å². The SMILES string of the molecule is CCC[C@H](N)N(CC)C[C@@H](C)CCC#CC(C)(C)O. The van der Waals surface area contributed by atoms with Crippen LogP contribution in [0.1, 0.15) is 60.3 Å². The highest BCUT2D eigenvalue weighted by Crippen LogP contribution is 2.11. The van der Waals surface area contributed by atoms with E-state index in [2.05, 4.69) is 37.5 Å². The molecule has 0 rings (SSSR count). The number of hydrogen-bond donors (Lipinski definition) is 2. The van der Waals surface area contributed by atoms with Crippen molar-refractivity contribution < 1.29 is 5.11 Å². The first kappa shape index (κ1) is 18.4. The van der Waals surface area contributed by atoms with Gasteiger partial charge in [-0.3, -0.25) is 4.90 Å². The molecule has 0 amide bonds. The Morgan fingerprint density at radius 2 is 1.89 bits per heavy atom. The average Bonchev–Trinajstić information content (AvgIpc) is 2.30. The summed E-state index contributed by atoms with van der Waals surface area (Å²) in [4.78, 5) is 2.34. The second-order valence-electron chi connectivity index (χ2n) is 5.95. The van der Waals surface area contributed by atoms with Crippen LogP contribution in [0, 0.1) is 17.8 Å². The molecule has 0 bridgehead atoms. The quantitative estimate of drug-likeness (QED) is 0.525. The number of rotatable bonds is 8. The lowest BCUT2D eigenvalue weighted by molar-refractivity contribution is 0.143. The standard InChI is InChI=1S/C16H32N2O/c1-6-10-15(17)18(7-2)13-14(3)11-8-9-12-16(4,5)19/h14-15,19H,6-8,10-11,13,17H2,1-5H3/t14-,15+/m0/s1. The fourth-order valence-electron chi connectivity index (χ4n) is 2.07. The first-order valence-electron chi connectivity index (χ1n) is 7.52. The molecule has 0 aromatic heterocycles. The van der Waals surface area contributed by atoms with E-state index < -0.39 is 5.60 Å². The van der Waals surface area contributed by atoms with E-state index in [-0.39, 0.29) is 6.17 Å². The Bertz CT molecular complexity index is 285. The summed E-state index contributed by atoms with van der Waals surface area (Å²) in [5.74, 6) is 6.49. The largest absolute Gasteiger partial charge is 0.378 e. The van der Waals surface area contributed by atoms with E-state index in [1.807, 2.05) is 0 Å². The van der Waals surface area contributed by atoms with E-state index in [1.165, 1.54) is 0 Å². The van der Waals surface area contributed by atoms with Crippen molar-refractivity contribution >= 4 is 0 Å². The zero-order valence-electron chi connectivity index (χ0n) is 13.4. The van der Waals surface area contributed by atoms with Gasteiger partial charge in [0.2, 0.25) is 0 Å². The van der Waals surface area contributed by atoms with Crippen LogP contribution in [0.2, 0.25) is 0 Å². The minimum atomic E-state index is -0.873. The fourth-order valence-corrected chi connectivity index (χ4v) is 2.07. The van der Waals surface area contributed by atoms with Gasteiger partial charge >= 0.3 is 0 Å². The summed E-state index contributed by atoms with van der Waals surface area (Å²) in [7, 11) is 0. The van der Waals surface area contributed by atoms with Crippen LogP contribution in [0.4, 0.5) is 0 Å². The fraction of sp³-hybridized carbons (Fsp3) is 0.875. The Labute approximate surface area is 119 Å². The van der Waals surface area contributed by atoms with Crippen LogP contribution in [0.5, 0.6) is 0 Å². The predicted octanol–water partition coefficient (Wildman–Crippen LogP) is 2.58. The van der Waals surface area contributed by atoms with Crippen molar-refractivity contribution in [2.45, 2.75) is 72.1 Å². The molecule has 0 spiro atoms. The summed E-state index contributed by atoms with van der Waals surface area (Å²) >= 11 is 0. The lowest BCUT2D eigenvalue weighted by atomic mass is 10.0. The van der Waals surface area contributed by atoms with Gasteiger partial charge in [-0.25, -0.2) is 0 Å². The Kier molecular flexibility index (Phi) is 9.08. The number of hydrogen-bond acceptors (Lipinski definition) is 3. The van der Waals surface area contributed by atoms with Crippen molar-refractivity contribution in [2.24, 2.45) is 11.7 Å². The minimum Gasteiger partial charge on any atom is -0.378 e. The van der Waals surface area contributed by atoms with Crippen LogP contribution in [0.15, 0.2) is 0 Å². The van der Waals surface area contributed by atoms with Crippen LogP contribution in [0.25, 0.3) is 0 Å². The topological polar surface area (TPSA) is 49.5 Å². The summed E-state index contributed by atoms with van der Waals surface area (Å²) < 4.78 is 0. The molecule has 0 aromatic carbocycles. The highest BCUT2D eigenvalue weighted by molar-refractivity contribution is 5.09. The zero-order chi connectivity index (χ0) is 14.9. The van der Waals surface area contributed by atoms with Gasteiger partial charge in [0, 0.05) is 13.0 Å². The van der Waals surface area contributed by atoms with Crippen molar-refractivity contribution in [1.82, 2.24) is 4.90 Å². The minimum absolute atomic E-state index is 0.180. The molecular weight excluding hydrogens is 236 g/mol. The van der Waals surface area contributed by atoms with Gasteiger partial charge < -0.3 is 10.8 Å². The maximum absolute atomic E-state index is 9.50. The molecule has 0 aliphatic carbocycles. The molecule has 3 nitrogen and oxygen atoms in total. The molecule has 19 heavy (non-hydrogen) atoms. The molecule has 0 heterocycles. The van der Waals surface area contributed by atoms with Crippen LogP contribution < -0.4 is 5.73 Å². The Morgan fingerprint density at radius 1 is 1.26 bits per heavy atom. The maximum atomic E-state index is 9.50. The summed E-state index contributed by atoms with van der Waals surface area (Å²) in [6.45, 7) is 12.0. The third-order valence-electron chi connectivity index (χ3n) is 3.16. The van der Waals surface area contributed by atoms with E-state index in [4.69, 9.17) is 5.73 Å². The van der Waals surface area contributed by atoms with Crippen molar-refractivity contribution in [3.8, 4) is 11.8 Å². The summed E-state index contributed by atoms with van der Waals surface area (Å²) in [5, 5.41) is 9.50. The summed E-state index contributed by atoms with van der Waals surface area (Å²) in [5.41, 5.74) is 5.29. The van der Waals surface area contributed by atoms with Gasteiger partial charge in [-0.2, -0.15) is 0 Å². The molecule has 0 aliphatic heterocycles. The van der Waals surface area contributed by atoms with Gasteiger partial charge in [0.1, 0.15) is 5.60 Å². The van der Waals surface area contributed by atoms with Crippen LogP contribution in [-0.4, -0.2) is 34.9 Å². The Balaban J connectivity index is 4.06. The van der Waals surface area contributed by atoms with Gasteiger partial charge in [-0.15, -0.1) is 5.92 Å². The molecule has 3 N–H and O–H groups in total. The summed E-state index contributed by atoms with van der Waals surface area (Å²) in [6, 6.07) is 0. The van der Waals surface area contributed by atoms with E-state index in [0.717, 1.165) is 38.8 Å². The molecule has 0 saturated heterocycles. The molecule has 0 radical (unpaired) electrons. The van der Waals surface area contributed by atoms with Crippen LogP contribution in [-0.2, 0) is 0 Å². The first-order chi connectivity index (χ1) is 8.80. The van der Waals surface area contributed by atoms with Gasteiger partial charge in [0.25, 0.3) is 0 Å². The Morgan fingerprint density at radius 3 is 2.37 bits per heavy atom. The molecule has 2 atom stereocenters. The van der Waals surface area contributed by atoms with E-state index in [0.29, 0.717) is 5.92 Å². The third kappa shape index (κ3) is 9.95. The smallest absolute Gasteiger partial charge is 0.119 e. The maximum Gasteiger partial charge on any atom is 0.119 e. The molecule has 0 unspecified atom stereocenters. The van der Waals surface area contributed by atoms with Crippen molar-refractivity contribution in [1.29, 1.82) is 0 Å². The number of nitrogens with two attached hydrogens (primary N) is 1. The average molecular weight is 268 g/mol. The van der Waals surface area contributed by atoms with E-state index in [9.17, 15) is 5.11 Å². The molecule has 0 aliphatic rings. The Hall–Kier alpha value is -0.560. The van der Waals surface area contributed by atoms with Crippen molar-refractivity contribution in [2.75, 3.05) is 13.1 Å². The van der Waals surface area contributed by atoms with E-state index in [1.54, 1.807) is 13.8 Å². The zero-order valence-corrected chi connectivity index (χ0v) is 13.4. The van der Waals surface area contributed by atoms with Gasteiger partial charge in [-0.05, 0) is 39.2 Å². The number of aliphatic hydroxyl groups is 1. The lowest BCUT2D eigenvalue weighted by Crippen LogP contribution is -2.43. The normalized spacial score (nSPS) is 14.9. The van der Waals surface area contributed by atoms with Gasteiger partial charge in [0.05, 0.1) is 6.17 Å². The van der Waals surface area contributed by atoms with Gasteiger partial charge in [-0.1, -0.05) is 33.1 Å². The van der Waals surface area contributed by atoms with Crippen LogP contribution >= 0.6 is 0 Å². The lowest BCUT2D eigenvalue weighted by Gasteiger charge is -2.29. The predicted molar refractivity (Wildman–Crippen MR) is 82.6 cm³/mol. The molecular formula is C16H32N2O. The molecule has 0 fully saturated rings. The first-order valence-corrected chi connectivity index (χ1v) is 7.52. The van der Waals surface area contributed by atoms with E-state index >= 15 is 0 Å². The third-order valence-corrected chi connectivity index (χ3v) is 3.16. The molecule has 0 saturated carbocycles. The highest BCUT2D eigenvalue weighted by Gasteiger charge is 2.14. The second-order valence-corrected chi connectivity index (χ2v) is 5.95. The van der Waals surface area contributed by atoms with Crippen LogP contribution in [0.3, 0.4) is 0 Å². The highest BCUT2D eigenvalue weighted by atomic mass is 16.3. The monoisotopic (exact) mass is 268 g/mol. The molecule has 3 heteroatoms. The van der Waals surface area contributed by atoms with Crippen molar-refractivity contribution in [3.63, 3.8) is 0 Å². The molecule has 112 valence electrons. The number of nitrogens with zero attached hydrogens (tertiary/aromatic N) is 1.